The van der Waals surface area contributed by atoms with Crippen LogP contribution in [-0.2, 0) is 6.42 Å². The van der Waals surface area contributed by atoms with E-state index in [1.807, 2.05) is 7.05 Å². The van der Waals surface area contributed by atoms with E-state index >= 15 is 0 Å². The predicted octanol–water partition coefficient (Wildman–Crippen LogP) is 3.74. The highest BCUT2D eigenvalue weighted by Gasteiger charge is 1.97. The Morgan fingerprint density at radius 2 is 1.80 bits per heavy atom. The summed E-state index contributed by atoms with van der Waals surface area (Å²) < 4.78 is 0. The minimum Gasteiger partial charge on any atom is -0.297 e. The number of aliphatic imine (C=N–C) groups is 1. The highest BCUT2D eigenvalue weighted by molar-refractivity contribution is 5.84. The van der Waals surface area contributed by atoms with Crippen molar-refractivity contribution in [1.29, 1.82) is 0 Å². The largest absolute Gasteiger partial charge is 0.297 e. The van der Waals surface area contributed by atoms with Crippen LogP contribution >= 0.6 is 0 Å². The van der Waals surface area contributed by atoms with Gasteiger partial charge in [0, 0.05) is 19.2 Å². The molecule has 0 unspecified atom stereocenters. The Morgan fingerprint density at radius 1 is 1.20 bits per heavy atom. The third-order valence-corrected chi connectivity index (χ3v) is 2.68. The molecule has 80 valence electrons. The standard InChI is InChI=1S/C14H19N/c1-5-11(2)14-8-6-13(7-9-14)10-12(3)15-4/h5-9H,10H2,1-4H3/b11-5+,15-12?. The lowest BCUT2D eigenvalue weighted by atomic mass is 10.0. The second kappa shape index (κ2) is 5.50. The topological polar surface area (TPSA) is 12.4 Å². The molecule has 0 saturated carbocycles. The molecule has 1 rings (SSSR count). The molecule has 0 aromatic heterocycles. The highest BCUT2D eigenvalue weighted by atomic mass is 14.7. The van der Waals surface area contributed by atoms with Crippen LogP contribution in [0.15, 0.2) is 35.3 Å². The minimum absolute atomic E-state index is 0.950. The lowest BCUT2D eigenvalue weighted by Crippen LogP contribution is -1.97. The van der Waals surface area contributed by atoms with Crippen molar-refractivity contribution in [1.82, 2.24) is 0 Å². The summed E-state index contributed by atoms with van der Waals surface area (Å²) in [6.45, 7) is 6.26. The molecule has 1 aromatic carbocycles. The molecule has 0 fully saturated rings. The summed E-state index contributed by atoms with van der Waals surface area (Å²) in [4.78, 5) is 4.16. The van der Waals surface area contributed by atoms with Gasteiger partial charge in [-0.25, -0.2) is 0 Å². The first kappa shape index (κ1) is 11.7. The van der Waals surface area contributed by atoms with E-state index in [4.69, 9.17) is 0 Å². The van der Waals surface area contributed by atoms with E-state index in [0.717, 1.165) is 6.42 Å². The second-order valence-corrected chi connectivity index (χ2v) is 3.80. The summed E-state index contributed by atoms with van der Waals surface area (Å²) in [6, 6.07) is 8.70. The molecule has 0 aliphatic heterocycles. The highest BCUT2D eigenvalue weighted by Crippen LogP contribution is 2.14. The Morgan fingerprint density at radius 3 is 2.27 bits per heavy atom. The van der Waals surface area contributed by atoms with Gasteiger partial charge in [-0.3, -0.25) is 4.99 Å². The van der Waals surface area contributed by atoms with Crippen molar-refractivity contribution in [2.75, 3.05) is 7.05 Å². The zero-order valence-corrected chi connectivity index (χ0v) is 10.0. The zero-order chi connectivity index (χ0) is 11.3. The van der Waals surface area contributed by atoms with Gasteiger partial charge in [0.1, 0.15) is 0 Å². The third kappa shape index (κ3) is 3.35. The van der Waals surface area contributed by atoms with Gasteiger partial charge in [-0.1, -0.05) is 30.3 Å². The summed E-state index contributed by atoms with van der Waals surface area (Å²) in [7, 11) is 1.84. The molecule has 0 saturated heterocycles. The lowest BCUT2D eigenvalue weighted by molar-refractivity contribution is 1.26. The van der Waals surface area contributed by atoms with Crippen molar-refractivity contribution < 1.29 is 0 Å². The van der Waals surface area contributed by atoms with Gasteiger partial charge in [0.2, 0.25) is 0 Å². The van der Waals surface area contributed by atoms with Crippen LogP contribution in [0.25, 0.3) is 5.57 Å². The average Bonchev–Trinajstić information content (AvgIpc) is 2.29. The van der Waals surface area contributed by atoms with Gasteiger partial charge in [0.05, 0.1) is 0 Å². The SMILES string of the molecule is C/C=C(\C)c1ccc(CC(C)=NC)cc1. The van der Waals surface area contributed by atoms with E-state index in [1.165, 1.54) is 22.4 Å². The molecule has 0 amide bonds. The molecule has 0 N–H and O–H groups in total. The molecular formula is C14H19N. The van der Waals surface area contributed by atoms with Crippen LogP contribution in [0.5, 0.6) is 0 Å². The zero-order valence-electron chi connectivity index (χ0n) is 10.0. The van der Waals surface area contributed by atoms with Crippen molar-refractivity contribution in [3.63, 3.8) is 0 Å². The average molecular weight is 201 g/mol. The quantitative estimate of drug-likeness (QED) is 0.660. The van der Waals surface area contributed by atoms with Gasteiger partial charge < -0.3 is 0 Å². The van der Waals surface area contributed by atoms with Crippen molar-refractivity contribution >= 4 is 11.3 Å². The lowest BCUT2D eigenvalue weighted by Gasteiger charge is -2.04. The summed E-state index contributed by atoms with van der Waals surface area (Å²) in [5, 5.41) is 0. The Labute approximate surface area is 92.6 Å². The molecule has 0 atom stereocenters. The molecular weight excluding hydrogens is 182 g/mol. The molecule has 1 heteroatoms. The maximum Gasteiger partial charge on any atom is 0.0276 e. The van der Waals surface area contributed by atoms with E-state index < -0.39 is 0 Å². The van der Waals surface area contributed by atoms with Crippen molar-refractivity contribution in [2.24, 2.45) is 4.99 Å². The molecule has 0 spiro atoms. The van der Waals surface area contributed by atoms with E-state index in [1.54, 1.807) is 0 Å². The van der Waals surface area contributed by atoms with E-state index in [2.05, 4.69) is 56.1 Å². The Hall–Kier alpha value is -1.37. The number of allylic oxidation sites excluding steroid dienone is 2. The van der Waals surface area contributed by atoms with Crippen LogP contribution in [0.3, 0.4) is 0 Å². The Bertz CT molecular complexity index is 369. The number of benzene rings is 1. The third-order valence-electron chi connectivity index (χ3n) is 2.68. The van der Waals surface area contributed by atoms with Crippen LogP contribution in [0.4, 0.5) is 0 Å². The Kier molecular flexibility index (Phi) is 4.29. The normalized spacial score (nSPS) is 13.1. The van der Waals surface area contributed by atoms with E-state index in [9.17, 15) is 0 Å². The summed E-state index contributed by atoms with van der Waals surface area (Å²) in [6.07, 6.45) is 3.08. The number of rotatable bonds is 3. The van der Waals surface area contributed by atoms with Gasteiger partial charge in [0.25, 0.3) is 0 Å². The second-order valence-electron chi connectivity index (χ2n) is 3.80. The predicted molar refractivity (Wildman–Crippen MR) is 68.5 cm³/mol. The molecule has 0 bridgehead atoms. The molecule has 15 heavy (non-hydrogen) atoms. The van der Waals surface area contributed by atoms with E-state index in [0.29, 0.717) is 0 Å². The first-order valence-corrected chi connectivity index (χ1v) is 5.32. The van der Waals surface area contributed by atoms with Gasteiger partial charge in [-0.05, 0) is 37.5 Å². The van der Waals surface area contributed by atoms with Gasteiger partial charge >= 0.3 is 0 Å². The first-order valence-electron chi connectivity index (χ1n) is 5.32. The molecule has 0 aliphatic carbocycles. The summed E-state index contributed by atoms with van der Waals surface area (Å²) in [5.74, 6) is 0. The van der Waals surface area contributed by atoms with Gasteiger partial charge in [-0.2, -0.15) is 0 Å². The molecule has 0 radical (unpaired) electrons. The fourth-order valence-electron chi connectivity index (χ4n) is 1.43. The smallest absolute Gasteiger partial charge is 0.0276 e. The first-order chi connectivity index (χ1) is 7.17. The van der Waals surface area contributed by atoms with Crippen LogP contribution < -0.4 is 0 Å². The number of hydrogen-bond donors (Lipinski definition) is 0. The molecule has 0 heterocycles. The van der Waals surface area contributed by atoms with Gasteiger partial charge in [-0.15, -0.1) is 0 Å². The maximum atomic E-state index is 4.16. The summed E-state index contributed by atoms with van der Waals surface area (Å²) in [5.41, 5.74) is 5.12. The van der Waals surface area contributed by atoms with Crippen LogP contribution in [0.1, 0.15) is 31.9 Å². The van der Waals surface area contributed by atoms with Crippen LogP contribution in [-0.4, -0.2) is 12.8 Å². The van der Waals surface area contributed by atoms with Crippen molar-refractivity contribution in [3.05, 3.63) is 41.5 Å². The van der Waals surface area contributed by atoms with Crippen LogP contribution in [0, 0.1) is 0 Å². The van der Waals surface area contributed by atoms with E-state index in [-0.39, 0.29) is 0 Å². The van der Waals surface area contributed by atoms with Crippen molar-refractivity contribution in [2.45, 2.75) is 27.2 Å². The Balaban J connectivity index is 2.81. The van der Waals surface area contributed by atoms with Gasteiger partial charge in [0.15, 0.2) is 0 Å². The monoisotopic (exact) mass is 201 g/mol. The fourth-order valence-corrected chi connectivity index (χ4v) is 1.43. The van der Waals surface area contributed by atoms with Crippen LogP contribution in [0.2, 0.25) is 0 Å². The fraction of sp³-hybridized carbons (Fsp3) is 0.357. The van der Waals surface area contributed by atoms with Crippen molar-refractivity contribution in [3.8, 4) is 0 Å². The number of nitrogens with zero attached hydrogens (tertiary/aromatic N) is 1. The molecule has 0 aliphatic rings. The summed E-state index contributed by atoms with van der Waals surface area (Å²) >= 11 is 0. The maximum absolute atomic E-state index is 4.16. The molecule has 1 aromatic rings. The minimum atomic E-state index is 0.950. The molecule has 1 nitrogen and oxygen atoms in total. The number of hydrogen-bond acceptors (Lipinski definition) is 1.